The quantitative estimate of drug-likeness (QED) is 0.654. The molecule has 0 N–H and O–H groups in total. The second-order valence-electron chi connectivity index (χ2n) is 3.78. The van der Waals surface area contributed by atoms with Crippen molar-refractivity contribution >= 4 is 5.78 Å². The Morgan fingerprint density at radius 2 is 2.29 bits per heavy atom. The lowest BCUT2D eigenvalue weighted by Gasteiger charge is -2.02. The molecule has 6 heteroatoms. The number of halogens is 2. The van der Waals surface area contributed by atoms with Gasteiger partial charge in [0.25, 0.3) is 6.43 Å². The van der Waals surface area contributed by atoms with Gasteiger partial charge in [-0.25, -0.2) is 8.78 Å². The van der Waals surface area contributed by atoms with Gasteiger partial charge in [-0.1, -0.05) is 0 Å². The standard InChI is InChI=1S/C11H16F2N2O2/c1-15-7-9(6-14-15)2-3-10(16)4-5-17-8-11(12)13/h6-7,11H,2-5,8H2,1H3. The summed E-state index contributed by atoms with van der Waals surface area (Å²) >= 11 is 0. The Kier molecular flexibility index (Phi) is 5.76. The summed E-state index contributed by atoms with van der Waals surface area (Å²) in [5, 5.41) is 3.99. The number of aromatic nitrogens is 2. The topological polar surface area (TPSA) is 44.1 Å². The number of Topliss-reactive ketones (excluding diaryl/α,β-unsaturated/α-hetero) is 1. The summed E-state index contributed by atoms with van der Waals surface area (Å²) in [6.45, 7) is -0.536. The van der Waals surface area contributed by atoms with Crippen molar-refractivity contribution in [1.82, 2.24) is 9.78 Å². The SMILES string of the molecule is Cn1cc(CCC(=O)CCOCC(F)F)cn1. The van der Waals surface area contributed by atoms with Gasteiger partial charge in [-0.3, -0.25) is 9.48 Å². The van der Waals surface area contributed by atoms with Crippen LogP contribution < -0.4 is 0 Å². The zero-order chi connectivity index (χ0) is 12.7. The Bertz CT molecular complexity index is 353. The third-order valence-corrected chi connectivity index (χ3v) is 2.22. The molecule has 0 atom stereocenters. The maximum absolute atomic E-state index is 11.7. The van der Waals surface area contributed by atoms with Gasteiger partial charge >= 0.3 is 0 Å². The number of aryl methyl sites for hydroxylation is 2. The molecule has 96 valence electrons. The highest BCUT2D eigenvalue weighted by Crippen LogP contribution is 2.03. The molecule has 1 rings (SSSR count). The van der Waals surface area contributed by atoms with E-state index in [-0.39, 0.29) is 18.8 Å². The van der Waals surface area contributed by atoms with E-state index in [9.17, 15) is 13.6 Å². The summed E-state index contributed by atoms with van der Waals surface area (Å²) < 4.78 is 29.7. The lowest BCUT2D eigenvalue weighted by molar-refractivity contribution is -0.120. The molecule has 0 spiro atoms. The van der Waals surface area contributed by atoms with Crippen LogP contribution in [-0.4, -0.2) is 35.2 Å². The normalized spacial score (nSPS) is 11.1. The summed E-state index contributed by atoms with van der Waals surface area (Å²) in [4.78, 5) is 11.4. The Morgan fingerprint density at radius 1 is 1.53 bits per heavy atom. The van der Waals surface area contributed by atoms with Crippen molar-refractivity contribution in [3.05, 3.63) is 18.0 Å². The van der Waals surface area contributed by atoms with Crippen LogP contribution >= 0.6 is 0 Å². The van der Waals surface area contributed by atoms with E-state index in [2.05, 4.69) is 9.84 Å². The fraction of sp³-hybridized carbons (Fsp3) is 0.636. The molecule has 0 amide bonds. The molecular formula is C11H16F2N2O2. The van der Waals surface area contributed by atoms with Crippen molar-refractivity contribution in [2.45, 2.75) is 25.7 Å². The molecule has 0 bridgehead atoms. The van der Waals surface area contributed by atoms with Crippen LogP contribution in [0.5, 0.6) is 0 Å². The average molecular weight is 246 g/mol. The molecule has 0 unspecified atom stereocenters. The maximum atomic E-state index is 11.7. The zero-order valence-electron chi connectivity index (χ0n) is 9.73. The van der Waals surface area contributed by atoms with Crippen molar-refractivity contribution in [1.29, 1.82) is 0 Å². The van der Waals surface area contributed by atoms with Gasteiger partial charge in [0.15, 0.2) is 0 Å². The largest absolute Gasteiger partial charge is 0.375 e. The highest BCUT2D eigenvalue weighted by molar-refractivity contribution is 5.78. The van der Waals surface area contributed by atoms with Crippen molar-refractivity contribution in [3.63, 3.8) is 0 Å². The number of hydrogen-bond acceptors (Lipinski definition) is 3. The molecule has 17 heavy (non-hydrogen) atoms. The highest BCUT2D eigenvalue weighted by Gasteiger charge is 2.06. The first-order valence-electron chi connectivity index (χ1n) is 5.43. The molecule has 0 aliphatic carbocycles. The summed E-state index contributed by atoms with van der Waals surface area (Å²) in [7, 11) is 1.81. The van der Waals surface area contributed by atoms with Crippen LogP contribution in [0.3, 0.4) is 0 Å². The maximum Gasteiger partial charge on any atom is 0.261 e. The molecule has 0 fully saturated rings. The van der Waals surface area contributed by atoms with Gasteiger partial charge in [-0.2, -0.15) is 5.10 Å². The summed E-state index contributed by atoms with van der Waals surface area (Å²) in [5.74, 6) is 0.0168. The average Bonchev–Trinajstić information content (AvgIpc) is 2.67. The van der Waals surface area contributed by atoms with Crippen LogP contribution in [0.15, 0.2) is 12.4 Å². The van der Waals surface area contributed by atoms with E-state index < -0.39 is 13.0 Å². The van der Waals surface area contributed by atoms with Crippen LogP contribution in [-0.2, 0) is 23.0 Å². The third-order valence-electron chi connectivity index (χ3n) is 2.22. The van der Waals surface area contributed by atoms with Gasteiger partial charge in [0, 0.05) is 26.1 Å². The van der Waals surface area contributed by atoms with Crippen molar-refractivity contribution < 1.29 is 18.3 Å². The second-order valence-corrected chi connectivity index (χ2v) is 3.78. The number of carbonyl (C=O) groups is 1. The van der Waals surface area contributed by atoms with E-state index in [1.807, 2.05) is 13.2 Å². The van der Waals surface area contributed by atoms with Gasteiger partial charge < -0.3 is 4.74 Å². The van der Waals surface area contributed by atoms with E-state index >= 15 is 0 Å². The first-order valence-corrected chi connectivity index (χ1v) is 5.43. The lowest BCUT2D eigenvalue weighted by atomic mass is 10.1. The summed E-state index contributed by atoms with van der Waals surface area (Å²) in [5.41, 5.74) is 0.995. The van der Waals surface area contributed by atoms with Gasteiger partial charge in [-0.05, 0) is 12.0 Å². The van der Waals surface area contributed by atoms with Gasteiger partial charge in [-0.15, -0.1) is 0 Å². The first kappa shape index (κ1) is 13.8. The van der Waals surface area contributed by atoms with Crippen LogP contribution in [0.25, 0.3) is 0 Å². The van der Waals surface area contributed by atoms with Gasteiger partial charge in [0.05, 0.1) is 12.8 Å². The third kappa shape index (κ3) is 6.11. The zero-order valence-corrected chi connectivity index (χ0v) is 9.73. The fourth-order valence-corrected chi connectivity index (χ4v) is 1.37. The number of rotatable bonds is 8. The molecule has 0 saturated carbocycles. The highest BCUT2D eigenvalue weighted by atomic mass is 19.3. The Labute approximate surface area is 98.6 Å². The number of alkyl halides is 2. The molecule has 0 aromatic carbocycles. The number of nitrogens with zero attached hydrogens (tertiary/aromatic N) is 2. The molecule has 0 aliphatic heterocycles. The van der Waals surface area contributed by atoms with Crippen molar-refractivity contribution in [2.24, 2.45) is 7.05 Å². The smallest absolute Gasteiger partial charge is 0.261 e. The van der Waals surface area contributed by atoms with E-state index in [0.29, 0.717) is 12.8 Å². The molecule has 1 aromatic heterocycles. The van der Waals surface area contributed by atoms with E-state index in [0.717, 1.165) is 5.56 Å². The van der Waals surface area contributed by atoms with Crippen LogP contribution in [0.4, 0.5) is 8.78 Å². The Hall–Kier alpha value is -1.30. The Balaban J connectivity index is 2.09. The van der Waals surface area contributed by atoms with Gasteiger partial charge in [0.2, 0.25) is 0 Å². The minimum atomic E-state index is -2.47. The number of ketones is 1. The monoisotopic (exact) mass is 246 g/mol. The van der Waals surface area contributed by atoms with E-state index in [4.69, 9.17) is 0 Å². The van der Waals surface area contributed by atoms with Crippen molar-refractivity contribution in [2.75, 3.05) is 13.2 Å². The van der Waals surface area contributed by atoms with E-state index in [1.54, 1.807) is 10.9 Å². The van der Waals surface area contributed by atoms with E-state index in [1.165, 1.54) is 0 Å². The molecular weight excluding hydrogens is 230 g/mol. The molecule has 1 heterocycles. The van der Waals surface area contributed by atoms with Crippen LogP contribution in [0, 0.1) is 0 Å². The predicted octanol–water partition coefficient (Wildman–Crippen LogP) is 1.59. The number of hydrogen-bond donors (Lipinski definition) is 0. The van der Waals surface area contributed by atoms with Crippen LogP contribution in [0.2, 0.25) is 0 Å². The number of carbonyl (C=O) groups excluding carboxylic acids is 1. The Morgan fingerprint density at radius 3 is 2.88 bits per heavy atom. The fourth-order valence-electron chi connectivity index (χ4n) is 1.37. The molecule has 0 radical (unpaired) electrons. The predicted molar refractivity (Wildman–Crippen MR) is 58.0 cm³/mol. The molecule has 1 aromatic rings. The van der Waals surface area contributed by atoms with Crippen LogP contribution in [0.1, 0.15) is 18.4 Å². The number of ether oxygens (including phenoxy) is 1. The van der Waals surface area contributed by atoms with Gasteiger partial charge in [0.1, 0.15) is 12.4 Å². The summed E-state index contributed by atoms with van der Waals surface area (Å²) in [6.07, 6.45) is 2.29. The first-order chi connectivity index (χ1) is 8.08. The second kappa shape index (κ2) is 7.11. The minimum Gasteiger partial charge on any atom is -0.375 e. The minimum absolute atomic E-state index is 0.0168. The molecule has 0 saturated heterocycles. The summed E-state index contributed by atoms with van der Waals surface area (Å²) in [6, 6.07) is 0. The molecule has 0 aliphatic rings. The van der Waals surface area contributed by atoms with Crippen molar-refractivity contribution in [3.8, 4) is 0 Å². The lowest BCUT2D eigenvalue weighted by Crippen LogP contribution is -2.09. The molecule has 4 nitrogen and oxygen atoms in total.